The fourth-order valence-electron chi connectivity index (χ4n) is 2.97. The highest BCUT2D eigenvalue weighted by Crippen LogP contribution is 2.27. The highest BCUT2D eigenvalue weighted by molar-refractivity contribution is 5.67. The smallest absolute Gasteiger partial charge is 0.407 e. The molecule has 0 aromatic carbocycles. The molecule has 1 rings (SSSR count). The Morgan fingerprint density at radius 1 is 1.09 bits per heavy atom. The average molecular weight is 328 g/mol. The predicted molar refractivity (Wildman–Crippen MR) is 95.7 cm³/mol. The van der Waals surface area contributed by atoms with E-state index in [-0.39, 0.29) is 11.6 Å². The molecule has 0 spiro atoms. The van der Waals surface area contributed by atoms with Crippen LogP contribution in [0.15, 0.2) is 0 Å². The molecule has 0 radical (unpaired) electrons. The molecule has 23 heavy (non-hydrogen) atoms. The van der Waals surface area contributed by atoms with Crippen LogP contribution in [0.25, 0.3) is 0 Å². The third-order valence-electron chi connectivity index (χ3n) is 4.02. The van der Waals surface area contributed by atoms with Gasteiger partial charge in [-0.2, -0.15) is 0 Å². The lowest BCUT2D eigenvalue weighted by molar-refractivity contribution is 0.0518. The molecule has 5 heteroatoms. The Hall–Kier alpha value is -0.810. The van der Waals surface area contributed by atoms with Crippen molar-refractivity contribution in [3.63, 3.8) is 0 Å². The van der Waals surface area contributed by atoms with Gasteiger partial charge in [0.25, 0.3) is 0 Å². The van der Waals surface area contributed by atoms with Gasteiger partial charge in [-0.1, -0.05) is 12.8 Å². The number of amides is 1. The Labute approximate surface area is 142 Å². The van der Waals surface area contributed by atoms with Crippen molar-refractivity contribution in [2.24, 2.45) is 5.92 Å². The van der Waals surface area contributed by atoms with Gasteiger partial charge < -0.3 is 20.7 Å². The summed E-state index contributed by atoms with van der Waals surface area (Å²) in [6.45, 7) is 14.7. The van der Waals surface area contributed by atoms with Gasteiger partial charge in [0, 0.05) is 31.2 Å². The highest BCUT2D eigenvalue weighted by atomic mass is 16.6. The van der Waals surface area contributed by atoms with Crippen LogP contribution in [0.1, 0.15) is 67.2 Å². The van der Waals surface area contributed by atoms with E-state index in [2.05, 4.69) is 36.7 Å². The third kappa shape index (κ3) is 9.82. The SMILES string of the molecule is CC(C)(C)NCCNC(CNC(=O)OC(C)(C)C)C1CCCC1. The van der Waals surface area contributed by atoms with Crippen molar-refractivity contribution in [2.45, 2.75) is 84.4 Å². The minimum atomic E-state index is -0.447. The van der Waals surface area contributed by atoms with Crippen molar-refractivity contribution in [3.8, 4) is 0 Å². The number of nitrogens with one attached hydrogen (secondary N) is 3. The van der Waals surface area contributed by atoms with Crippen LogP contribution in [0.5, 0.6) is 0 Å². The molecule has 1 atom stereocenters. The molecule has 0 aliphatic heterocycles. The molecular weight excluding hydrogens is 290 g/mol. The van der Waals surface area contributed by atoms with Gasteiger partial charge in [0.1, 0.15) is 5.60 Å². The molecular formula is C18H37N3O2. The van der Waals surface area contributed by atoms with E-state index in [9.17, 15) is 4.79 Å². The molecule has 0 saturated heterocycles. The summed E-state index contributed by atoms with van der Waals surface area (Å²) in [4.78, 5) is 11.9. The van der Waals surface area contributed by atoms with Crippen LogP contribution in [0.4, 0.5) is 4.79 Å². The Morgan fingerprint density at radius 3 is 2.22 bits per heavy atom. The summed E-state index contributed by atoms with van der Waals surface area (Å²) in [6.07, 6.45) is 4.78. The van der Waals surface area contributed by atoms with E-state index in [1.54, 1.807) is 0 Å². The van der Waals surface area contributed by atoms with E-state index in [0.717, 1.165) is 13.1 Å². The van der Waals surface area contributed by atoms with Gasteiger partial charge >= 0.3 is 6.09 Å². The number of alkyl carbamates (subject to hydrolysis) is 1. The molecule has 1 aliphatic rings. The molecule has 0 aromatic heterocycles. The fraction of sp³-hybridized carbons (Fsp3) is 0.944. The lowest BCUT2D eigenvalue weighted by Gasteiger charge is -2.27. The molecule has 1 saturated carbocycles. The molecule has 136 valence electrons. The van der Waals surface area contributed by atoms with Gasteiger partial charge in [0.2, 0.25) is 0 Å². The zero-order valence-electron chi connectivity index (χ0n) is 15.9. The second-order valence-corrected chi connectivity index (χ2v) is 8.66. The summed E-state index contributed by atoms with van der Waals surface area (Å²) < 4.78 is 5.33. The molecule has 1 unspecified atom stereocenters. The summed E-state index contributed by atoms with van der Waals surface area (Å²) >= 11 is 0. The van der Waals surface area contributed by atoms with Gasteiger partial charge in [-0.05, 0) is 60.3 Å². The summed E-state index contributed by atoms with van der Waals surface area (Å²) in [5, 5.41) is 10.0. The van der Waals surface area contributed by atoms with Crippen LogP contribution in [-0.4, -0.2) is 42.9 Å². The van der Waals surface area contributed by atoms with E-state index in [1.165, 1.54) is 25.7 Å². The fourth-order valence-corrected chi connectivity index (χ4v) is 2.97. The van der Waals surface area contributed by atoms with Crippen LogP contribution >= 0.6 is 0 Å². The van der Waals surface area contributed by atoms with Crippen LogP contribution in [0, 0.1) is 5.92 Å². The van der Waals surface area contributed by atoms with E-state index in [4.69, 9.17) is 4.74 Å². The number of rotatable bonds is 7. The molecule has 5 nitrogen and oxygen atoms in total. The van der Waals surface area contributed by atoms with E-state index < -0.39 is 5.60 Å². The maximum absolute atomic E-state index is 11.9. The van der Waals surface area contributed by atoms with Crippen LogP contribution in [0.3, 0.4) is 0 Å². The molecule has 3 N–H and O–H groups in total. The lowest BCUT2D eigenvalue weighted by Crippen LogP contribution is -2.49. The maximum atomic E-state index is 11.9. The van der Waals surface area contributed by atoms with Crippen LogP contribution in [-0.2, 0) is 4.74 Å². The largest absolute Gasteiger partial charge is 0.444 e. The Balaban J connectivity index is 2.38. The Bertz CT molecular complexity index is 352. The Kier molecular flexibility index (Phi) is 7.81. The van der Waals surface area contributed by atoms with Gasteiger partial charge in [-0.3, -0.25) is 0 Å². The summed E-state index contributed by atoms with van der Waals surface area (Å²) in [6, 6.07) is 0.326. The number of ether oxygens (including phenoxy) is 1. The summed E-state index contributed by atoms with van der Waals surface area (Å²) in [5.41, 5.74) is -0.309. The van der Waals surface area contributed by atoms with E-state index >= 15 is 0 Å². The normalized spacial score (nSPS) is 18.0. The maximum Gasteiger partial charge on any atom is 0.407 e. The van der Waals surface area contributed by atoms with Crippen molar-refractivity contribution in [1.82, 2.24) is 16.0 Å². The summed E-state index contributed by atoms with van der Waals surface area (Å²) in [7, 11) is 0. The van der Waals surface area contributed by atoms with E-state index in [0.29, 0.717) is 18.5 Å². The van der Waals surface area contributed by atoms with E-state index in [1.807, 2.05) is 20.8 Å². The average Bonchev–Trinajstić information content (AvgIpc) is 2.88. The minimum Gasteiger partial charge on any atom is -0.444 e. The predicted octanol–water partition coefficient (Wildman–Crippen LogP) is 3.05. The molecule has 0 bridgehead atoms. The second kappa shape index (κ2) is 8.88. The van der Waals surface area contributed by atoms with Crippen molar-refractivity contribution in [3.05, 3.63) is 0 Å². The first kappa shape index (κ1) is 20.2. The molecule has 1 aliphatic carbocycles. The van der Waals surface area contributed by atoms with Gasteiger partial charge in [0.15, 0.2) is 0 Å². The number of carbonyl (C=O) groups is 1. The second-order valence-electron chi connectivity index (χ2n) is 8.66. The molecule has 0 aromatic rings. The van der Waals surface area contributed by atoms with Crippen molar-refractivity contribution in [1.29, 1.82) is 0 Å². The first-order chi connectivity index (χ1) is 10.6. The Morgan fingerprint density at radius 2 is 1.70 bits per heavy atom. The quantitative estimate of drug-likeness (QED) is 0.629. The van der Waals surface area contributed by atoms with Crippen LogP contribution in [0.2, 0.25) is 0 Å². The van der Waals surface area contributed by atoms with Gasteiger partial charge in [-0.25, -0.2) is 4.79 Å². The first-order valence-corrected chi connectivity index (χ1v) is 9.02. The van der Waals surface area contributed by atoms with Gasteiger partial charge in [-0.15, -0.1) is 0 Å². The standard InChI is InChI=1S/C18H37N3O2/c1-17(2,3)21-12-11-19-15(14-9-7-8-10-14)13-20-16(22)23-18(4,5)6/h14-15,19,21H,7-13H2,1-6H3,(H,20,22). The topological polar surface area (TPSA) is 62.4 Å². The number of carbonyl (C=O) groups excluding carboxylic acids is 1. The molecule has 1 fully saturated rings. The third-order valence-corrected chi connectivity index (χ3v) is 4.02. The molecule has 1 amide bonds. The first-order valence-electron chi connectivity index (χ1n) is 9.02. The molecule has 0 heterocycles. The van der Waals surface area contributed by atoms with Gasteiger partial charge in [0.05, 0.1) is 0 Å². The number of hydrogen-bond acceptors (Lipinski definition) is 4. The minimum absolute atomic E-state index is 0.138. The monoisotopic (exact) mass is 327 g/mol. The highest BCUT2D eigenvalue weighted by Gasteiger charge is 2.26. The van der Waals surface area contributed by atoms with Crippen molar-refractivity contribution < 1.29 is 9.53 Å². The lowest BCUT2D eigenvalue weighted by atomic mass is 9.98. The number of hydrogen-bond donors (Lipinski definition) is 3. The zero-order chi connectivity index (χ0) is 17.5. The van der Waals surface area contributed by atoms with Crippen LogP contribution < -0.4 is 16.0 Å². The van der Waals surface area contributed by atoms with Crippen molar-refractivity contribution in [2.75, 3.05) is 19.6 Å². The summed E-state index contributed by atoms with van der Waals surface area (Å²) in [5.74, 6) is 0.652. The van der Waals surface area contributed by atoms with Crippen molar-refractivity contribution >= 4 is 6.09 Å². The zero-order valence-corrected chi connectivity index (χ0v) is 15.9.